The summed E-state index contributed by atoms with van der Waals surface area (Å²) < 4.78 is 5.26. The summed E-state index contributed by atoms with van der Waals surface area (Å²) in [5.74, 6) is -0.183. The van der Waals surface area contributed by atoms with E-state index < -0.39 is 5.97 Å². The van der Waals surface area contributed by atoms with Crippen LogP contribution in [0.2, 0.25) is 5.02 Å². The van der Waals surface area contributed by atoms with Crippen molar-refractivity contribution in [3.8, 4) is 17.0 Å². The van der Waals surface area contributed by atoms with Gasteiger partial charge >= 0.3 is 5.97 Å². The van der Waals surface area contributed by atoms with Crippen molar-refractivity contribution in [3.63, 3.8) is 0 Å². The molecule has 0 unspecified atom stereocenters. The normalized spacial score (nSPS) is 10.9. The SMILES string of the molecule is COc1cccc(-c2[nH]c3c(C)ccc(Cl)c3c2CC(=O)O)c1. The van der Waals surface area contributed by atoms with E-state index in [0.717, 1.165) is 27.7 Å². The third kappa shape index (κ3) is 2.78. The first-order chi connectivity index (χ1) is 11.0. The highest BCUT2D eigenvalue weighted by Crippen LogP contribution is 2.37. The Hall–Kier alpha value is -2.46. The van der Waals surface area contributed by atoms with Gasteiger partial charge in [0.05, 0.1) is 29.8 Å². The van der Waals surface area contributed by atoms with E-state index in [9.17, 15) is 9.90 Å². The van der Waals surface area contributed by atoms with E-state index in [1.165, 1.54) is 0 Å². The molecule has 0 radical (unpaired) electrons. The first kappa shape index (κ1) is 15.4. The lowest BCUT2D eigenvalue weighted by Gasteiger charge is -2.06. The average molecular weight is 330 g/mol. The number of rotatable bonds is 4. The lowest BCUT2D eigenvalue weighted by atomic mass is 10.0. The number of methoxy groups -OCH3 is 1. The third-order valence-corrected chi connectivity index (χ3v) is 4.22. The van der Waals surface area contributed by atoms with Crippen LogP contribution in [0, 0.1) is 6.92 Å². The molecule has 0 aliphatic carbocycles. The van der Waals surface area contributed by atoms with E-state index >= 15 is 0 Å². The molecule has 0 saturated carbocycles. The van der Waals surface area contributed by atoms with Crippen molar-refractivity contribution in [1.29, 1.82) is 0 Å². The minimum absolute atomic E-state index is 0.101. The highest BCUT2D eigenvalue weighted by Gasteiger charge is 2.19. The quantitative estimate of drug-likeness (QED) is 0.744. The van der Waals surface area contributed by atoms with Crippen molar-refractivity contribution >= 4 is 28.5 Å². The summed E-state index contributed by atoms with van der Waals surface area (Å²) in [5, 5.41) is 10.6. The predicted molar refractivity (Wildman–Crippen MR) is 91.4 cm³/mol. The number of carbonyl (C=O) groups is 1. The number of aryl methyl sites for hydroxylation is 1. The summed E-state index contributed by atoms with van der Waals surface area (Å²) in [7, 11) is 1.60. The molecule has 0 atom stereocenters. The molecule has 2 aromatic carbocycles. The average Bonchev–Trinajstić information content (AvgIpc) is 2.91. The Labute approximate surface area is 138 Å². The van der Waals surface area contributed by atoms with Gasteiger partial charge in [-0.2, -0.15) is 0 Å². The molecule has 0 aliphatic heterocycles. The number of aromatic amines is 1. The highest BCUT2D eigenvalue weighted by atomic mass is 35.5. The van der Waals surface area contributed by atoms with Crippen LogP contribution in [0.1, 0.15) is 11.1 Å². The van der Waals surface area contributed by atoms with Gasteiger partial charge in [-0.3, -0.25) is 4.79 Å². The van der Waals surface area contributed by atoms with Gasteiger partial charge in [-0.05, 0) is 36.2 Å². The molecule has 1 aromatic heterocycles. The lowest BCUT2D eigenvalue weighted by Crippen LogP contribution is -2.01. The topological polar surface area (TPSA) is 62.3 Å². The van der Waals surface area contributed by atoms with E-state index in [0.29, 0.717) is 16.3 Å². The zero-order valence-corrected chi connectivity index (χ0v) is 13.6. The van der Waals surface area contributed by atoms with Gasteiger partial charge in [-0.25, -0.2) is 0 Å². The van der Waals surface area contributed by atoms with Crippen LogP contribution in [0.25, 0.3) is 22.2 Å². The molecule has 1 heterocycles. The Bertz CT molecular complexity index is 899. The molecule has 0 spiro atoms. The highest BCUT2D eigenvalue weighted by molar-refractivity contribution is 6.36. The number of nitrogens with one attached hydrogen (secondary N) is 1. The van der Waals surface area contributed by atoms with Gasteiger partial charge < -0.3 is 14.8 Å². The summed E-state index contributed by atoms with van der Waals surface area (Å²) in [6, 6.07) is 11.2. The van der Waals surface area contributed by atoms with Gasteiger partial charge in [-0.1, -0.05) is 29.8 Å². The van der Waals surface area contributed by atoms with Gasteiger partial charge in [0.1, 0.15) is 5.75 Å². The summed E-state index contributed by atoms with van der Waals surface area (Å²) >= 11 is 6.34. The van der Waals surface area contributed by atoms with Gasteiger partial charge in [0.25, 0.3) is 0 Å². The maximum atomic E-state index is 11.3. The zero-order valence-electron chi connectivity index (χ0n) is 12.8. The van der Waals surface area contributed by atoms with Crippen LogP contribution in [0.5, 0.6) is 5.75 Å². The number of hydrogen-bond acceptors (Lipinski definition) is 2. The van der Waals surface area contributed by atoms with Crippen LogP contribution in [0.15, 0.2) is 36.4 Å². The fourth-order valence-corrected chi connectivity index (χ4v) is 3.09. The minimum atomic E-state index is -0.896. The van der Waals surface area contributed by atoms with E-state index in [-0.39, 0.29) is 6.42 Å². The van der Waals surface area contributed by atoms with Crippen molar-refractivity contribution in [2.75, 3.05) is 7.11 Å². The fraction of sp³-hybridized carbons (Fsp3) is 0.167. The molecule has 0 saturated heterocycles. The molecule has 0 fully saturated rings. The minimum Gasteiger partial charge on any atom is -0.497 e. The maximum absolute atomic E-state index is 11.3. The Balaban J connectivity index is 2.32. The third-order valence-electron chi connectivity index (χ3n) is 3.90. The molecule has 5 heteroatoms. The number of aliphatic carboxylic acids is 1. The number of carboxylic acids is 1. The van der Waals surface area contributed by atoms with Crippen LogP contribution < -0.4 is 4.74 Å². The van der Waals surface area contributed by atoms with E-state index in [1.807, 2.05) is 37.3 Å². The largest absolute Gasteiger partial charge is 0.497 e. The second kappa shape index (κ2) is 5.97. The molecule has 23 heavy (non-hydrogen) atoms. The molecule has 3 aromatic rings. The van der Waals surface area contributed by atoms with Crippen LogP contribution >= 0.6 is 11.6 Å². The van der Waals surface area contributed by atoms with E-state index in [1.54, 1.807) is 13.2 Å². The Morgan fingerprint density at radius 3 is 2.78 bits per heavy atom. The molecule has 0 amide bonds. The number of aromatic nitrogens is 1. The van der Waals surface area contributed by atoms with Crippen molar-refractivity contribution in [1.82, 2.24) is 4.98 Å². The Kier molecular flexibility index (Phi) is 4.01. The molecular weight excluding hydrogens is 314 g/mol. The monoisotopic (exact) mass is 329 g/mol. The van der Waals surface area contributed by atoms with Gasteiger partial charge in [-0.15, -0.1) is 0 Å². The lowest BCUT2D eigenvalue weighted by molar-refractivity contribution is -0.136. The van der Waals surface area contributed by atoms with Gasteiger partial charge in [0.15, 0.2) is 0 Å². The standard InChI is InChI=1S/C18H16ClNO3/c1-10-6-7-14(19)16-13(9-15(21)22)18(20-17(10)16)11-4-3-5-12(8-11)23-2/h3-8,20H,9H2,1-2H3,(H,21,22). The number of benzene rings is 2. The van der Waals surface area contributed by atoms with Crippen LogP contribution in [0.3, 0.4) is 0 Å². The Morgan fingerprint density at radius 1 is 1.30 bits per heavy atom. The van der Waals surface area contributed by atoms with Crippen molar-refractivity contribution in [2.45, 2.75) is 13.3 Å². The summed E-state index contributed by atoms with van der Waals surface area (Å²) in [5.41, 5.74) is 4.20. The van der Waals surface area contributed by atoms with Crippen molar-refractivity contribution in [3.05, 3.63) is 52.5 Å². The van der Waals surface area contributed by atoms with E-state index in [2.05, 4.69) is 4.98 Å². The van der Waals surface area contributed by atoms with E-state index in [4.69, 9.17) is 16.3 Å². The number of fused-ring (bicyclic) bond motifs is 1. The summed E-state index contributed by atoms with van der Waals surface area (Å²) in [6.45, 7) is 1.97. The van der Waals surface area contributed by atoms with Crippen LogP contribution in [0.4, 0.5) is 0 Å². The number of carboxylic acid groups (broad SMARTS) is 1. The van der Waals surface area contributed by atoms with Crippen LogP contribution in [-0.2, 0) is 11.2 Å². The summed E-state index contributed by atoms with van der Waals surface area (Å²) in [6.07, 6.45) is -0.101. The van der Waals surface area contributed by atoms with Crippen molar-refractivity contribution < 1.29 is 14.6 Å². The van der Waals surface area contributed by atoms with Crippen molar-refractivity contribution in [2.24, 2.45) is 0 Å². The molecular formula is C18H16ClNO3. The first-order valence-electron chi connectivity index (χ1n) is 7.17. The second-order valence-electron chi connectivity index (χ2n) is 5.40. The van der Waals surface area contributed by atoms with Crippen LogP contribution in [-0.4, -0.2) is 23.2 Å². The van der Waals surface area contributed by atoms with Gasteiger partial charge in [0.2, 0.25) is 0 Å². The Morgan fingerprint density at radius 2 is 2.09 bits per heavy atom. The smallest absolute Gasteiger partial charge is 0.307 e. The maximum Gasteiger partial charge on any atom is 0.307 e. The summed E-state index contributed by atoms with van der Waals surface area (Å²) in [4.78, 5) is 14.7. The predicted octanol–water partition coefficient (Wildman–Crippen LogP) is 4.43. The molecule has 2 N–H and O–H groups in total. The number of halogens is 1. The molecule has 0 bridgehead atoms. The molecule has 0 aliphatic rings. The van der Waals surface area contributed by atoms with Gasteiger partial charge in [0, 0.05) is 10.9 Å². The molecule has 4 nitrogen and oxygen atoms in total. The fourth-order valence-electron chi connectivity index (χ4n) is 2.82. The first-order valence-corrected chi connectivity index (χ1v) is 7.55. The second-order valence-corrected chi connectivity index (χ2v) is 5.80. The number of ether oxygens (including phenoxy) is 1. The zero-order chi connectivity index (χ0) is 16.6. The molecule has 3 rings (SSSR count). The number of hydrogen-bond donors (Lipinski definition) is 2. The molecule has 118 valence electrons. The number of H-pyrrole nitrogens is 1.